The quantitative estimate of drug-likeness (QED) is 0.704. The molecule has 1 aromatic heterocycles. The number of ketones is 1. The summed E-state index contributed by atoms with van der Waals surface area (Å²) in [5, 5.41) is 0. The van der Waals surface area contributed by atoms with Crippen molar-refractivity contribution in [3.8, 4) is 0 Å². The van der Waals surface area contributed by atoms with Crippen LogP contribution < -0.4 is 0 Å². The predicted octanol–water partition coefficient (Wildman–Crippen LogP) is 4.48. The van der Waals surface area contributed by atoms with Crippen molar-refractivity contribution in [3.63, 3.8) is 0 Å². The van der Waals surface area contributed by atoms with Crippen molar-refractivity contribution >= 4 is 5.78 Å². The van der Waals surface area contributed by atoms with Gasteiger partial charge in [-0.15, -0.1) is 0 Å². The molecular weight excluding hydrogens is 248 g/mol. The Kier molecular flexibility index (Phi) is 2.55. The summed E-state index contributed by atoms with van der Waals surface area (Å²) in [6.45, 7) is 4.73. The van der Waals surface area contributed by atoms with E-state index in [0.29, 0.717) is 17.6 Å². The number of carbonyl (C=O) groups is 1. The Morgan fingerprint density at radius 3 is 2.85 bits per heavy atom. The van der Waals surface area contributed by atoms with Crippen LogP contribution in [0.1, 0.15) is 57.6 Å². The first kappa shape index (κ1) is 12.4. The molecule has 3 aliphatic rings. The maximum atomic E-state index is 12.4. The van der Waals surface area contributed by atoms with Crippen molar-refractivity contribution in [2.24, 2.45) is 17.3 Å². The summed E-state index contributed by atoms with van der Waals surface area (Å²) in [4.78, 5) is 12.4. The molecule has 1 fully saturated rings. The van der Waals surface area contributed by atoms with Crippen LogP contribution in [0, 0.1) is 17.3 Å². The summed E-state index contributed by atoms with van der Waals surface area (Å²) >= 11 is 0. The van der Waals surface area contributed by atoms with E-state index >= 15 is 0 Å². The zero-order chi connectivity index (χ0) is 13.9. The highest BCUT2D eigenvalue weighted by Gasteiger charge is 2.53. The molecule has 0 spiro atoms. The third-order valence-corrected chi connectivity index (χ3v) is 5.80. The Labute approximate surface area is 120 Å². The molecule has 3 atom stereocenters. The summed E-state index contributed by atoms with van der Waals surface area (Å²) in [6, 6.07) is 4.01. The summed E-state index contributed by atoms with van der Waals surface area (Å²) < 4.78 is 5.68. The molecule has 20 heavy (non-hydrogen) atoms. The molecule has 3 aliphatic carbocycles. The van der Waals surface area contributed by atoms with Gasteiger partial charge in [0, 0.05) is 18.3 Å². The summed E-state index contributed by atoms with van der Waals surface area (Å²) in [5.74, 6) is 2.37. The zero-order valence-electron chi connectivity index (χ0n) is 12.3. The van der Waals surface area contributed by atoms with E-state index < -0.39 is 0 Å². The van der Waals surface area contributed by atoms with Gasteiger partial charge in [-0.05, 0) is 49.1 Å². The van der Waals surface area contributed by atoms with E-state index in [2.05, 4.69) is 19.9 Å². The van der Waals surface area contributed by atoms with Crippen molar-refractivity contribution in [2.45, 2.75) is 51.9 Å². The fraction of sp³-hybridized carbons (Fsp3) is 0.611. The third-order valence-electron chi connectivity index (χ3n) is 5.80. The second-order valence-corrected chi connectivity index (χ2v) is 7.38. The number of hydrogen-bond acceptors (Lipinski definition) is 2. The number of allylic oxidation sites excluding steroid dienone is 2. The van der Waals surface area contributed by atoms with Crippen molar-refractivity contribution in [2.75, 3.05) is 0 Å². The van der Waals surface area contributed by atoms with Gasteiger partial charge in [-0.1, -0.05) is 25.0 Å². The predicted molar refractivity (Wildman–Crippen MR) is 77.3 cm³/mol. The molecule has 0 N–H and O–H groups in total. The molecule has 2 bridgehead atoms. The number of furan rings is 1. The molecule has 4 rings (SSSR count). The van der Waals surface area contributed by atoms with E-state index in [1.165, 1.54) is 19.3 Å². The second kappa shape index (κ2) is 4.09. The van der Waals surface area contributed by atoms with E-state index in [1.807, 2.05) is 6.07 Å². The minimum Gasteiger partial charge on any atom is -0.469 e. The van der Waals surface area contributed by atoms with Gasteiger partial charge in [0.15, 0.2) is 0 Å². The highest BCUT2D eigenvalue weighted by molar-refractivity contribution is 5.87. The first-order chi connectivity index (χ1) is 9.58. The second-order valence-electron chi connectivity index (χ2n) is 7.38. The fourth-order valence-electron chi connectivity index (χ4n) is 5.11. The summed E-state index contributed by atoms with van der Waals surface area (Å²) in [6.07, 6.45) is 7.22. The average Bonchev–Trinajstić information content (AvgIpc) is 2.96. The normalized spacial score (nSPS) is 35.3. The Morgan fingerprint density at radius 1 is 1.25 bits per heavy atom. The van der Waals surface area contributed by atoms with Gasteiger partial charge in [-0.2, -0.15) is 0 Å². The first-order valence-electron chi connectivity index (χ1n) is 7.86. The van der Waals surface area contributed by atoms with E-state index in [1.54, 1.807) is 17.4 Å². The van der Waals surface area contributed by atoms with Gasteiger partial charge in [-0.25, -0.2) is 0 Å². The van der Waals surface area contributed by atoms with E-state index in [0.717, 1.165) is 18.6 Å². The Hall–Kier alpha value is -1.31. The van der Waals surface area contributed by atoms with Crippen molar-refractivity contribution < 1.29 is 9.21 Å². The zero-order valence-corrected chi connectivity index (χ0v) is 12.3. The molecule has 0 radical (unpaired) electrons. The lowest BCUT2D eigenvalue weighted by Crippen LogP contribution is -2.32. The van der Waals surface area contributed by atoms with Crippen molar-refractivity contribution in [3.05, 3.63) is 35.3 Å². The van der Waals surface area contributed by atoms with Gasteiger partial charge < -0.3 is 4.42 Å². The van der Waals surface area contributed by atoms with Crippen LogP contribution in [0.3, 0.4) is 0 Å². The molecule has 2 nitrogen and oxygen atoms in total. The van der Waals surface area contributed by atoms with Crippen molar-refractivity contribution in [1.82, 2.24) is 0 Å². The van der Waals surface area contributed by atoms with Gasteiger partial charge >= 0.3 is 0 Å². The van der Waals surface area contributed by atoms with Gasteiger partial charge in [0.25, 0.3) is 0 Å². The highest BCUT2D eigenvalue weighted by Crippen LogP contribution is 2.59. The van der Waals surface area contributed by atoms with Gasteiger partial charge in [-0.3, -0.25) is 4.79 Å². The summed E-state index contributed by atoms with van der Waals surface area (Å²) in [5.41, 5.74) is 3.47. The van der Waals surface area contributed by atoms with Crippen LogP contribution >= 0.6 is 0 Å². The van der Waals surface area contributed by atoms with Gasteiger partial charge in [0.05, 0.1) is 6.26 Å². The largest absolute Gasteiger partial charge is 0.469 e. The molecule has 0 saturated heterocycles. The SMILES string of the molecule is CC1(C)CCCC2=C1[C@@H]1CC(=O)[C@H](C2)[C@@H]1c1ccco1. The standard InChI is InChI=1S/C18H22O2/c1-18(2)7-3-5-11-9-12-14(19)10-13(17(11)18)16(12)15-6-4-8-20-15/h4,6,8,12-13,16H,3,5,7,9-10H2,1-2H3/t12-,13+,16-/m0/s1. The highest BCUT2D eigenvalue weighted by atomic mass is 16.3. The minimum absolute atomic E-state index is 0.179. The number of fused-ring (bicyclic) bond motifs is 3. The Morgan fingerprint density at radius 2 is 2.10 bits per heavy atom. The summed E-state index contributed by atoms with van der Waals surface area (Å²) in [7, 11) is 0. The van der Waals surface area contributed by atoms with Crippen LogP contribution in [-0.2, 0) is 4.79 Å². The van der Waals surface area contributed by atoms with Crippen LogP contribution in [0.2, 0.25) is 0 Å². The topological polar surface area (TPSA) is 30.2 Å². The minimum atomic E-state index is 0.179. The van der Waals surface area contributed by atoms with Crippen LogP contribution in [0.25, 0.3) is 0 Å². The number of hydrogen-bond donors (Lipinski definition) is 0. The van der Waals surface area contributed by atoms with Gasteiger partial charge in [0.1, 0.15) is 11.5 Å². The van der Waals surface area contributed by atoms with E-state index in [-0.39, 0.29) is 11.3 Å². The van der Waals surface area contributed by atoms with Crippen molar-refractivity contribution in [1.29, 1.82) is 0 Å². The molecule has 0 unspecified atom stereocenters. The molecule has 106 valence electrons. The average molecular weight is 270 g/mol. The fourth-order valence-corrected chi connectivity index (χ4v) is 5.11. The molecule has 1 aromatic rings. The smallest absolute Gasteiger partial charge is 0.137 e. The van der Waals surface area contributed by atoms with Crippen LogP contribution in [0.4, 0.5) is 0 Å². The molecule has 0 aromatic carbocycles. The van der Waals surface area contributed by atoms with Crippen LogP contribution in [-0.4, -0.2) is 5.78 Å². The monoisotopic (exact) mass is 270 g/mol. The molecule has 2 heteroatoms. The molecule has 0 amide bonds. The van der Waals surface area contributed by atoms with E-state index in [4.69, 9.17) is 4.42 Å². The molecule has 0 aliphatic heterocycles. The number of rotatable bonds is 1. The third kappa shape index (κ3) is 1.60. The molecule has 1 heterocycles. The lowest BCUT2D eigenvalue weighted by Gasteiger charge is -2.43. The Bertz CT molecular complexity index is 577. The maximum absolute atomic E-state index is 12.4. The lowest BCUT2D eigenvalue weighted by atomic mass is 9.61. The van der Waals surface area contributed by atoms with Crippen LogP contribution in [0.15, 0.2) is 34.0 Å². The van der Waals surface area contributed by atoms with E-state index in [9.17, 15) is 4.79 Å². The Balaban J connectivity index is 1.83. The molecule has 1 saturated carbocycles. The molecular formula is C18H22O2. The maximum Gasteiger partial charge on any atom is 0.137 e. The number of Topliss-reactive ketones (excluding diaryl/α,β-unsaturated/α-hetero) is 1. The number of carbonyl (C=O) groups excluding carboxylic acids is 1. The first-order valence-corrected chi connectivity index (χ1v) is 7.86. The van der Waals surface area contributed by atoms with Crippen LogP contribution in [0.5, 0.6) is 0 Å². The lowest BCUT2D eigenvalue weighted by molar-refractivity contribution is -0.120. The van der Waals surface area contributed by atoms with Gasteiger partial charge in [0.2, 0.25) is 0 Å².